The van der Waals surface area contributed by atoms with Crippen LogP contribution in [0.25, 0.3) is 0 Å². The second-order valence-corrected chi connectivity index (χ2v) is 10.0. The molecule has 1 aromatic rings. The van der Waals surface area contributed by atoms with E-state index >= 15 is 0 Å². The highest BCUT2D eigenvalue weighted by atomic mass is 16.5. The highest BCUT2D eigenvalue weighted by Crippen LogP contribution is 2.67. The quantitative estimate of drug-likeness (QED) is 0.744. The van der Waals surface area contributed by atoms with Crippen LogP contribution in [0.2, 0.25) is 0 Å². The van der Waals surface area contributed by atoms with E-state index in [1.807, 2.05) is 6.07 Å². The summed E-state index contributed by atoms with van der Waals surface area (Å²) in [7, 11) is 3.39. The number of benzene rings is 1. The normalized spacial score (nSPS) is 39.6. The molecule has 0 saturated heterocycles. The minimum Gasteiger partial charge on any atom is -0.504 e. The molecule has 1 aliphatic heterocycles. The van der Waals surface area contributed by atoms with Crippen molar-refractivity contribution in [2.45, 2.75) is 71.5 Å². The van der Waals surface area contributed by atoms with Crippen molar-refractivity contribution in [1.82, 2.24) is 0 Å². The predicted octanol–water partition coefficient (Wildman–Crippen LogP) is 5.48. The number of methoxy groups -OCH3 is 2. The van der Waals surface area contributed by atoms with Crippen molar-refractivity contribution in [1.29, 1.82) is 0 Å². The maximum absolute atomic E-state index is 10.3. The van der Waals surface area contributed by atoms with Gasteiger partial charge in [0, 0.05) is 24.7 Å². The van der Waals surface area contributed by atoms with Gasteiger partial charge in [-0.15, -0.1) is 0 Å². The summed E-state index contributed by atoms with van der Waals surface area (Å²) in [6.45, 7) is 9.60. The molecule has 3 aliphatic rings. The zero-order chi connectivity index (χ0) is 19.6. The first-order valence-electron chi connectivity index (χ1n) is 10.3. The van der Waals surface area contributed by atoms with Gasteiger partial charge in [-0.3, -0.25) is 0 Å². The molecule has 1 aromatic carbocycles. The molecule has 27 heavy (non-hydrogen) atoms. The van der Waals surface area contributed by atoms with E-state index in [-0.39, 0.29) is 28.8 Å². The molecule has 0 radical (unpaired) electrons. The van der Waals surface area contributed by atoms with E-state index in [4.69, 9.17) is 14.2 Å². The molecule has 0 spiro atoms. The summed E-state index contributed by atoms with van der Waals surface area (Å²) in [5, 5.41) is 10.3. The van der Waals surface area contributed by atoms with E-state index < -0.39 is 0 Å². The molecule has 4 rings (SSSR count). The molecule has 0 amide bonds. The molecule has 0 aromatic heterocycles. The van der Waals surface area contributed by atoms with Gasteiger partial charge in [-0.2, -0.15) is 0 Å². The Morgan fingerprint density at radius 3 is 2.48 bits per heavy atom. The molecule has 150 valence electrons. The molecule has 2 saturated carbocycles. The van der Waals surface area contributed by atoms with E-state index in [1.165, 1.54) is 25.7 Å². The van der Waals surface area contributed by atoms with Crippen LogP contribution in [0.15, 0.2) is 12.1 Å². The average molecular weight is 375 g/mol. The summed E-state index contributed by atoms with van der Waals surface area (Å²) in [6.07, 6.45) is 5.92. The van der Waals surface area contributed by atoms with Gasteiger partial charge in [0.25, 0.3) is 0 Å². The van der Waals surface area contributed by atoms with Gasteiger partial charge in [0.1, 0.15) is 11.4 Å². The van der Waals surface area contributed by atoms with Crippen molar-refractivity contribution in [2.24, 2.45) is 22.7 Å². The number of rotatable bonds is 2. The Morgan fingerprint density at radius 2 is 1.81 bits per heavy atom. The number of phenols is 1. The van der Waals surface area contributed by atoms with Gasteiger partial charge < -0.3 is 19.3 Å². The van der Waals surface area contributed by atoms with Crippen LogP contribution in [0.4, 0.5) is 0 Å². The van der Waals surface area contributed by atoms with Crippen molar-refractivity contribution in [3.63, 3.8) is 0 Å². The van der Waals surface area contributed by atoms with Crippen LogP contribution in [0.5, 0.6) is 17.2 Å². The first-order valence-corrected chi connectivity index (χ1v) is 10.3. The topological polar surface area (TPSA) is 47.9 Å². The Labute approximate surface area is 163 Å². The molecule has 4 heteroatoms. The standard InChI is InChI=1S/C23H34O4/c1-21(2)9-7-10-22(3)18(21)8-11-23(4)20(22)19(26-6)14-12-17(25-5)15(24)13-16(14)27-23/h12-13,18-20,24H,7-11H2,1-6H3/t18?,19?,20?,22-,23?/m0/s1. The van der Waals surface area contributed by atoms with Crippen LogP contribution in [0, 0.1) is 22.7 Å². The van der Waals surface area contributed by atoms with Gasteiger partial charge in [-0.05, 0) is 55.4 Å². The fourth-order valence-corrected chi connectivity index (χ4v) is 7.06. The third-order valence-electron chi connectivity index (χ3n) is 8.09. The summed E-state index contributed by atoms with van der Waals surface area (Å²) in [4.78, 5) is 0. The van der Waals surface area contributed by atoms with Crippen molar-refractivity contribution in [3.05, 3.63) is 17.7 Å². The van der Waals surface area contributed by atoms with Gasteiger partial charge in [0.05, 0.1) is 13.2 Å². The largest absolute Gasteiger partial charge is 0.504 e. The van der Waals surface area contributed by atoms with Crippen molar-refractivity contribution in [3.8, 4) is 17.2 Å². The molecule has 1 heterocycles. The smallest absolute Gasteiger partial charge is 0.161 e. The van der Waals surface area contributed by atoms with Crippen LogP contribution in [-0.4, -0.2) is 24.9 Å². The van der Waals surface area contributed by atoms with Crippen LogP contribution in [0.1, 0.15) is 71.5 Å². The number of aromatic hydroxyl groups is 1. The number of hydrogen-bond acceptors (Lipinski definition) is 4. The minimum absolute atomic E-state index is 0.0602. The Kier molecular flexibility index (Phi) is 4.23. The zero-order valence-corrected chi connectivity index (χ0v) is 17.6. The Hall–Kier alpha value is -1.42. The molecule has 1 N–H and O–H groups in total. The summed E-state index contributed by atoms with van der Waals surface area (Å²) >= 11 is 0. The van der Waals surface area contributed by atoms with Crippen LogP contribution >= 0.6 is 0 Å². The molecule has 2 fully saturated rings. The predicted molar refractivity (Wildman–Crippen MR) is 105 cm³/mol. The van der Waals surface area contributed by atoms with E-state index in [1.54, 1.807) is 20.3 Å². The lowest BCUT2D eigenvalue weighted by molar-refractivity contribution is -0.207. The first kappa shape index (κ1) is 18.9. The lowest BCUT2D eigenvalue weighted by Crippen LogP contribution is -2.62. The van der Waals surface area contributed by atoms with Crippen LogP contribution in [0.3, 0.4) is 0 Å². The van der Waals surface area contributed by atoms with E-state index in [9.17, 15) is 5.11 Å². The lowest BCUT2D eigenvalue weighted by atomic mass is 9.44. The van der Waals surface area contributed by atoms with E-state index in [2.05, 4.69) is 27.7 Å². The second kappa shape index (κ2) is 6.04. The maximum atomic E-state index is 10.3. The molecular formula is C23H34O4. The Morgan fingerprint density at radius 1 is 1.07 bits per heavy atom. The fourth-order valence-electron chi connectivity index (χ4n) is 7.06. The van der Waals surface area contributed by atoms with Gasteiger partial charge >= 0.3 is 0 Å². The summed E-state index contributed by atoms with van der Waals surface area (Å²) < 4.78 is 18.1. The maximum Gasteiger partial charge on any atom is 0.161 e. The molecule has 5 atom stereocenters. The van der Waals surface area contributed by atoms with Gasteiger partial charge in [0.2, 0.25) is 0 Å². The van der Waals surface area contributed by atoms with Crippen molar-refractivity contribution >= 4 is 0 Å². The minimum atomic E-state index is -0.284. The number of hydrogen-bond donors (Lipinski definition) is 1. The third-order valence-corrected chi connectivity index (χ3v) is 8.09. The molecular weight excluding hydrogens is 340 g/mol. The highest BCUT2D eigenvalue weighted by molar-refractivity contribution is 5.52. The van der Waals surface area contributed by atoms with Crippen molar-refractivity contribution < 1.29 is 19.3 Å². The lowest BCUT2D eigenvalue weighted by Gasteiger charge is -2.64. The van der Waals surface area contributed by atoms with Gasteiger partial charge in [0.15, 0.2) is 11.5 Å². The second-order valence-electron chi connectivity index (χ2n) is 10.0. The summed E-state index contributed by atoms with van der Waals surface area (Å²) in [6, 6.07) is 3.60. The number of ether oxygens (including phenoxy) is 3. The fraction of sp³-hybridized carbons (Fsp3) is 0.739. The molecule has 2 aliphatic carbocycles. The monoisotopic (exact) mass is 374 g/mol. The van der Waals surface area contributed by atoms with E-state index in [0.29, 0.717) is 17.1 Å². The highest BCUT2D eigenvalue weighted by Gasteiger charge is 2.63. The van der Waals surface area contributed by atoms with Crippen LogP contribution < -0.4 is 9.47 Å². The molecule has 4 nitrogen and oxygen atoms in total. The Balaban J connectivity index is 1.86. The number of fused-ring (bicyclic) bond motifs is 4. The van der Waals surface area contributed by atoms with Gasteiger partial charge in [-0.25, -0.2) is 0 Å². The Bertz CT molecular complexity index is 742. The summed E-state index contributed by atoms with van der Waals surface area (Å²) in [5.41, 5.74) is 1.23. The molecule has 4 unspecified atom stereocenters. The zero-order valence-electron chi connectivity index (χ0n) is 17.6. The van der Waals surface area contributed by atoms with Crippen molar-refractivity contribution in [2.75, 3.05) is 14.2 Å². The SMILES string of the molecule is COc1cc2c(cc1O)OC1(C)CCC3C(C)(C)CCC[C@]3(C)C1C2OC. The molecule has 0 bridgehead atoms. The van der Waals surface area contributed by atoms with Crippen LogP contribution in [-0.2, 0) is 4.74 Å². The number of phenolic OH excluding ortho intramolecular Hbond substituents is 1. The average Bonchev–Trinajstić information content (AvgIpc) is 2.58. The summed E-state index contributed by atoms with van der Waals surface area (Å²) in [5.74, 6) is 2.26. The van der Waals surface area contributed by atoms with Gasteiger partial charge in [-0.1, -0.05) is 27.2 Å². The van der Waals surface area contributed by atoms with E-state index in [0.717, 1.165) is 17.7 Å². The third kappa shape index (κ3) is 2.59. The first-order chi connectivity index (χ1) is 12.7.